The van der Waals surface area contributed by atoms with Crippen molar-refractivity contribution in [3.63, 3.8) is 0 Å². The fourth-order valence-electron chi connectivity index (χ4n) is 3.03. The lowest BCUT2D eigenvalue weighted by Gasteiger charge is -2.26. The number of pyridine rings is 1. The predicted octanol–water partition coefficient (Wildman–Crippen LogP) is 3.22. The summed E-state index contributed by atoms with van der Waals surface area (Å²) in [6.45, 7) is 2.86. The van der Waals surface area contributed by atoms with Gasteiger partial charge in [0.25, 0.3) is 0 Å². The molecular weight excluding hydrogens is 362 g/mol. The lowest BCUT2D eigenvalue weighted by molar-refractivity contribution is -0.111. The van der Waals surface area contributed by atoms with E-state index in [0.29, 0.717) is 24.3 Å². The normalized spacial score (nSPS) is 15.7. The van der Waals surface area contributed by atoms with Crippen molar-refractivity contribution in [1.82, 2.24) is 9.29 Å². The van der Waals surface area contributed by atoms with Crippen molar-refractivity contribution in [2.45, 2.75) is 31.1 Å². The summed E-state index contributed by atoms with van der Waals surface area (Å²) in [4.78, 5) is 16.4. The summed E-state index contributed by atoms with van der Waals surface area (Å²) in [5, 5.41) is 2.73. The topological polar surface area (TPSA) is 79.4 Å². The van der Waals surface area contributed by atoms with Crippen LogP contribution in [0.1, 0.15) is 30.4 Å². The monoisotopic (exact) mass is 385 g/mol. The van der Waals surface area contributed by atoms with Crippen molar-refractivity contribution >= 4 is 27.7 Å². The molecule has 27 heavy (non-hydrogen) atoms. The molecule has 0 bridgehead atoms. The van der Waals surface area contributed by atoms with Gasteiger partial charge >= 0.3 is 0 Å². The molecule has 1 N–H and O–H groups in total. The van der Waals surface area contributed by atoms with Gasteiger partial charge in [-0.3, -0.25) is 9.78 Å². The predicted molar refractivity (Wildman–Crippen MR) is 106 cm³/mol. The fourth-order valence-corrected chi connectivity index (χ4v) is 4.80. The molecule has 7 heteroatoms. The Morgan fingerprint density at radius 1 is 1.19 bits per heavy atom. The Balaban J connectivity index is 1.77. The van der Waals surface area contributed by atoms with Crippen LogP contribution in [-0.2, 0) is 14.8 Å². The highest BCUT2D eigenvalue weighted by Gasteiger charge is 2.27. The van der Waals surface area contributed by atoms with E-state index in [4.69, 9.17) is 0 Å². The summed E-state index contributed by atoms with van der Waals surface area (Å²) < 4.78 is 27.4. The number of amides is 1. The van der Waals surface area contributed by atoms with Gasteiger partial charge in [0, 0.05) is 37.2 Å². The largest absolute Gasteiger partial charge is 0.322 e. The number of aryl methyl sites for hydroxylation is 1. The average Bonchev–Trinajstić information content (AvgIpc) is 2.69. The lowest BCUT2D eigenvalue weighted by atomic mass is 10.2. The molecule has 142 valence electrons. The zero-order valence-electron chi connectivity index (χ0n) is 15.3. The van der Waals surface area contributed by atoms with E-state index in [1.807, 2.05) is 6.07 Å². The second kappa shape index (κ2) is 8.45. The molecule has 0 radical (unpaired) electrons. The Kier molecular flexibility index (Phi) is 6.03. The van der Waals surface area contributed by atoms with Gasteiger partial charge in [-0.1, -0.05) is 18.6 Å². The number of rotatable bonds is 5. The number of carbonyl (C=O) groups excluding carboxylic acids is 1. The van der Waals surface area contributed by atoms with Crippen molar-refractivity contribution in [1.29, 1.82) is 0 Å². The van der Waals surface area contributed by atoms with Crippen LogP contribution in [-0.4, -0.2) is 36.7 Å². The van der Waals surface area contributed by atoms with Gasteiger partial charge in [-0.05, 0) is 55.2 Å². The third-order valence-corrected chi connectivity index (χ3v) is 6.54. The number of anilines is 1. The molecule has 3 rings (SSSR count). The lowest BCUT2D eigenvalue weighted by Crippen LogP contribution is -2.36. The summed E-state index contributed by atoms with van der Waals surface area (Å²) >= 11 is 0. The molecule has 0 atom stereocenters. The van der Waals surface area contributed by atoms with Gasteiger partial charge in [0.15, 0.2) is 0 Å². The number of nitrogens with zero attached hydrogens (tertiary/aromatic N) is 2. The Bertz CT molecular complexity index is 934. The first-order valence-electron chi connectivity index (χ1n) is 8.97. The summed E-state index contributed by atoms with van der Waals surface area (Å²) in [6, 6.07) is 8.59. The highest BCUT2D eigenvalue weighted by atomic mass is 32.2. The second-order valence-electron chi connectivity index (χ2n) is 6.55. The molecule has 0 spiro atoms. The zero-order chi connectivity index (χ0) is 19.3. The van der Waals surface area contributed by atoms with Gasteiger partial charge < -0.3 is 5.32 Å². The Morgan fingerprint density at radius 2 is 1.96 bits per heavy atom. The highest BCUT2D eigenvalue weighted by Crippen LogP contribution is 2.26. The molecule has 0 unspecified atom stereocenters. The first-order chi connectivity index (χ1) is 13.0. The van der Waals surface area contributed by atoms with E-state index in [1.165, 1.54) is 16.4 Å². The summed E-state index contributed by atoms with van der Waals surface area (Å²) in [7, 11) is -3.55. The standard InChI is InChI=1S/C20H23N3O3S/c1-16-7-9-18(22-20(24)10-8-17-6-5-11-21-15-17)14-19(16)27(25,26)23-12-3-2-4-13-23/h5-11,14-15H,2-4,12-13H2,1H3,(H,22,24)/b10-8+. The van der Waals surface area contributed by atoms with Crippen molar-refractivity contribution in [2.75, 3.05) is 18.4 Å². The van der Waals surface area contributed by atoms with Crippen molar-refractivity contribution in [3.8, 4) is 0 Å². The van der Waals surface area contributed by atoms with Crippen LogP contribution in [0.3, 0.4) is 0 Å². The van der Waals surface area contributed by atoms with Crippen LogP contribution in [0.25, 0.3) is 6.08 Å². The van der Waals surface area contributed by atoms with Crippen LogP contribution in [0.5, 0.6) is 0 Å². The van der Waals surface area contributed by atoms with E-state index in [0.717, 1.165) is 24.8 Å². The molecule has 1 aliphatic rings. The van der Waals surface area contributed by atoms with Gasteiger partial charge in [0.2, 0.25) is 15.9 Å². The molecule has 2 heterocycles. The number of benzene rings is 1. The van der Waals surface area contributed by atoms with E-state index in [9.17, 15) is 13.2 Å². The molecule has 1 amide bonds. The van der Waals surface area contributed by atoms with Crippen molar-refractivity contribution < 1.29 is 13.2 Å². The number of aromatic nitrogens is 1. The Hall–Kier alpha value is -2.51. The molecule has 1 fully saturated rings. The molecular formula is C20H23N3O3S. The average molecular weight is 385 g/mol. The number of hydrogen-bond donors (Lipinski definition) is 1. The van der Waals surface area contributed by atoms with E-state index >= 15 is 0 Å². The smallest absolute Gasteiger partial charge is 0.248 e. The number of sulfonamides is 1. The minimum Gasteiger partial charge on any atom is -0.322 e. The van der Waals surface area contributed by atoms with E-state index in [1.54, 1.807) is 43.6 Å². The molecule has 1 saturated heterocycles. The second-order valence-corrected chi connectivity index (χ2v) is 8.46. The van der Waals surface area contributed by atoms with Gasteiger partial charge in [-0.15, -0.1) is 0 Å². The first kappa shape index (κ1) is 19.3. The van der Waals surface area contributed by atoms with Gasteiger partial charge in [0.05, 0.1) is 4.90 Å². The number of hydrogen-bond acceptors (Lipinski definition) is 4. The maximum atomic E-state index is 12.9. The fraction of sp³-hybridized carbons (Fsp3) is 0.300. The van der Waals surface area contributed by atoms with Crippen LogP contribution in [0, 0.1) is 6.92 Å². The van der Waals surface area contributed by atoms with Crippen molar-refractivity contribution in [3.05, 3.63) is 59.9 Å². The molecule has 0 aliphatic carbocycles. The van der Waals surface area contributed by atoms with E-state index in [2.05, 4.69) is 10.3 Å². The quantitative estimate of drug-likeness (QED) is 0.802. The minimum absolute atomic E-state index is 0.249. The van der Waals surface area contributed by atoms with Crippen LogP contribution < -0.4 is 5.32 Å². The molecule has 6 nitrogen and oxygen atoms in total. The summed E-state index contributed by atoms with van der Waals surface area (Å²) in [5.74, 6) is -0.330. The van der Waals surface area contributed by atoms with Gasteiger partial charge in [-0.2, -0.15) is 4.31 Å². The van der Waals surface area contributed by atoms with Crippen LogP contribution in [0.2, 0.25) is 0 Å². The van der Waals surface area contributed by atoms with E-state index in [-0.39, 0.29) is 10.8 Å². The first-order valence-corrected chi connectivity index (χ1v) is 10.4. The third-order valence-electron chi connectivity index (χ3n) is 4.50. The molecule has 2 aromatic rings. The van der Waals surface area contributed by atoms with Crippen LogP contribution >= 0.6 is 0 Å². The maximum Gasteiger partial charge on any atom is 0.248 e. The Morgan fingerprint density at radius 3 is 2.67 bits per heavy atom. The summed E-state index contributed by atoms with van der Waals surface area (Å²) in [5.41, 5.74) is 1.94. The van der Waals surface area contributed by atoms with Crippen LogP contribution in [0.15, 0.2) is 53.7 Å². The number of piperidine rings is 1. The molecule has 1 aromatic heterocycles. The zero-order valence-corrected chi connectivity index (χ0v) is 16.1. The van der Waals surface area contributed by atoms with Crippen molar-refractivity contribution in [2.24, 2.45) is 0 Å². The number of carbonyl (C=O) groups is 1. The van der Waals surface area contributed by atoms with Crippen LogP contribution in [0.4, 0.5) is 5.69 Å². The minimum atomic E-state index is -3.55. The molecule has 1 aromatic carbocycles. The van der Waals surface area contributed by atoms with Gasteiger partial charge in [-0.25, -0.2) is 8.42 Å². The molecule has 0 saturated carbocycles. The van der Waals surface area contributed by atoms with E-state index < -0.39 is 10.0 Å². The maximum absolute atomic E-state index is 12.9. The third kappa shape index (κ3) is 4.81. The summed E-state index contributed by atoms with van der Waals surface area (Å²) in [6.07, 6.45) is 9.19. The molecule has 1 aliphatic heterocycles. The highest BCUT2D eigenvalue weighted by molar-refractivity contribution is 7.89. The van der Waals surface area contributed by atoms with Gasteiger partial charge in [0.1, 0.15) is 0 Å². The number of nitrogens with one attached hydrogen (secondary N) is 1. The SMILES string of the molecule is Cc1ccc(NC(=O)/C=C/c2cccnc2)cc1S(=O)(=O)N1CCCCC1. The Labute approximate surface area is 160 Å².